The molecule has 0 aromatic heterocycles. The van der Waals surface area contributed by atoms with Crippen LogP contribution in [0.4, 0.5) is 20.2 Å². The van der Waals surface area contributed by atoms with Crippen LogP contribution >= 0.6 is 0 Å². The zero-order chi connectivity index (χ0) is 14.4. The van der Waals surface area contributed by atoms with E-state index in [-0.39, 0.29) is 6.10 Å². The summed E-state index contributed by atoms with van der Waals surface area (Å²) >= 11 is 0. The summed E-state index contributed by atoms with van der Waals surface area (Å²) in [5.41, 5.74) is -0.0733. The van der Waals surface area contributed by atoms with Gasteiger partial charge in [0.2, 0.25) is 5.75 Å². The van der Waals surface area contributed by atoms with Crippen LogP contribution in [0.2, 0.25) is 0 Å². The predicted molar refractivity (Wildman–Crippen MR) is 64.7 cm³/mol. The van der Waals surface area contributed by atoms with Crippen LogP contribution in [0, 0.1) is 10.1 Å². The average molecular weight is 276 g/mol. The zero-order valence-electron chi connectivity index (χ0n) is 10.4. The maximum atomic E-state index is 12.2. The maximum absolute atomic E-state index is 12.2. The van der Waals surface area contributed by atoms with E-state index in [9.17, 15) is 18.9 Å². The molecule has 0 bridgehead atoms. The second-order valence-electron chi connectivity index (χ2n) is 3.75. The van der Waals surface area contributed by atoms with Crippen molar-refractivity contribution in [1.82, 2.24) is 0 Å². The van der Waals surface area contributed by atoms with Crippen molar-refractivity contribution >= 4 is 11.4 Å². The number of hydrogen-bond donors (Lipinski definition) is 1. The number of nitro groups is 1. The van der Waals surface area contributed by atoms with Gasteiger partial charge in [-0.15, -0.1) is 0 Å². The predicted octanol–water partition coefficient (Wildman–Crippen LogP) is 2.64. The van der Waals surface area contributed by atoms with Crippen molar-refractivity contribution < 1.29 is 23.2 Å². The van der Waals surface area contributed by atoms with Gasteiger partial charge in [0.05, 0.1) is 11.0 Å². The number of nitrogens with zero attached hydrogens (tertiary/aromatic N) is 1. The number of nitrogens with one attached hydrogen (secondary N) is 1. The Balaban J connectivity index is 2.88. The van der Waals surface area contributed by atoms with Gasteiger partial charge >= 0.3 is 12.3 Å². The summed E-state index contributed by atoms with van der Waals surface area (Å²) in [5.74, 6) is -0.477. The molecule has 1 N–H and O–H groups in total. The Hall–Kier alpha value is -1.96. The smallest absolute Gasteiger partial charge is 0.387 e. The highest BCUT2D eigenvalue weighted by Crippen LogP contribution is 2.31. The van der Waals surface area contributed by atoms with Crippen LogP contribution in [0.15, 0.2) is 18.2 Å². The lowest BCUT2D eigenvalue weighted by Crippen LogP contribution is -2.18. The Morgan fingerprint density at radius 2 is 2.16 bits per heavy atom. The first kappa shape index (κ1) is 15.1. The summed E-state index contributed by atoms with van der Waals surface area (Å²) in [6, 6.07) is 3.68. The van der Waals surface area contributed by atoms with E-state index < -0.39 is 23.0 Å². The quantitative estimate of drug-likeness (QED) is 0.612. The van der Waals surface area contributed by atoms with Gasteiger partial charge in [0.1, 0.15) is 0 Å². The number of hydrogen-bond acceptors (Lipinski definition) is 5. The fourth-order valence-electron chi connectivity index (χ4n) is 1.31. The van der Waals surface area contributed by atoms with E-state index in [4.69, 9.17) is 4.74 Å². The Morgan fingerprint density at radius 1 is 1.47 bits per heavy atom. The molecule has 1 aromatic carbocycles. The summed E-state index contributed by atoms with van der Waals surface area (Å²) in [4.78, 5) is 9.89. The fourth-order valence-corrected chi connectivity index (χ4v) is 1.31. The molecule has 0 heterocycles. The molecule has 0 aliphatic carbocycles. The van der Waals surface area contributed by atoms with Gasteiger partial charge in [0.25, 0.3) is 0 Å². The van der Waals surface area contributed by atoms with Crippen LogP contribution in [0.1, 0.15) is 6.92 Å². The van der Waals surface area contributed by atoms with Crippen molar-refractivity contribution in [3.05, 3.63) is 28.3 Å². The van der Waals surface area contributed by atoms with Gasteiger partial charge in [-0.1, -0.05) is 0 Å². The van der Waals surface area contributed by atoms with Gasteiger partial charge in [0, 0.05) is 31.5 Å². The van der Waals surface area contributed by atoms with E-state index in [1.54, 1.807) is 0 Å². The molecule has 0 saturated carbocycles. The lowest BCUT2D eigenvalue weighted by molar-refractivity contribution is -0.386. The normalized spacial score (nSPS) is 12.3. The van der Waals surface area contributed by atoms with Crippen molar-refractivity contribution in [2.75, 3.05) is 19.0 Å². The number of benzene rings is 1. The van der Waals surface area contributed by atoms with Crippen molar-refractivity contribution in [3.8, 4) is 5.75 Å². The van der Waals surface area contributed by atoms with E-state index >= 15 is 0 Å². The van der Waals surface area contributed by atoms with E-state index in [0.29, 0.717) is 12.2 Å². The van der Waals surface area contributed by atoms with E-state index in [2.05, 4.69) is 10.1 Å². The number of alkyl halides is 2. The summed E-state index contributed by atoms with van der Waals surface area (Å²) in [6.45, 7) is -0.871. The van der Waals surface area contributed by atoms with Crippen LogP contribution < -0.4 is 10.1 Å². The van der Waals surface area contributed by atoms with Gasteiger partial charge in [-0.3, -0.25) is 10.1 Å². The van der Waals surface area contributed by atoms with Crippen molar-refractivity contribution in [2.24, 2.45) is 0 Å². The summed E-state index contributed by atoms with van der Waals surface area (Å²) < 4.78 is 33.5. The van der Waals surface area contributed by atoms with Crippen molar-refractivity contribution in [2.45, 2.75) is 19.6 Å². The second-order valence-corrected chi connectivity index (χ2v) is 3.75. The third-order valence-corrected chi connectivity index (χ3v) is 2.37. The number of methoxy groups -OCH3 is 1. The van der Waals surface area contributed by atoms with Gasteiger partial charge in [0.15, 0.2) is 0 Å². The highest BCUT2D eigenvalue weighted by molar-refractivity contribution is 5.58. The van der Waals surface area contributed by atoms with Gasteiger partial charge in [-0.05, 0) is 13.0 Å². The summed E-state index contributed by atoms with van der Waals surface area (Å²) in [7, 11) is 1.54. The minimum Gasteiger partial charge on any atom is -0.427 e. The molecule has 0 radical (unpaired) electrons. The first-order valence-corrected chi connectivity index (χ1v) is 5.44. The third-order valence-electron chi connectivity index (χ3n) is 2.37. The highest BCUT2D eigenvalue weighted by atomic mass is 19.3. The minimum absolute atomic E-state index is 0.0883. The molecule has 0 saturated heterocycles. The molecule has 1 atom stereocenters. The van der Waals surface area contributed by atoms with Crippen molar-refractivity contribution in [1.29, 1.82) is 0 Å². The topological polar surface area (TPSA) is 73.6 Å². The molecule has 8 heteroatoms. The van der Waals surface area contributed by atoms with E-state index in [1.165, 1.54) is 13.2 Å². The zero-order valence-corrected chi connectivity index (χ0v) is 10.4. The summed E-state index contributed by atoms with van der Waals surface area (Å²) in [5, 5.41) is 13.6. The molecular formula is C11H14F2N2O4. The average Bonchev–Trinajstić information content (AvgIpc) is 2.35. The molecule has 106 valence electrons. The molecule has 1 rings (SSSR count). The molecule has 1 unspecified atom stereocenters. The van der Waals surface area contributed by atoms with Gasteiger partial charge in [-0.25, -0.2) is 0 Å². The molecule has 0 aliphatic rings. The molecule has 0 fully saturated rings. The molecule has 6 nitrogen and oxygen atoms in total. The number of halogens is 2. The molecule has 1 aromatic rings. The Bertz CT molecular complexity index is 443. The standard InChI is InChI=1S/C11H14F2N2O4/c1-7(18-2)6-14-8-3-4-9(15(16)17)10(5-8)19-11(12)13/h3-5,7,11,14H,6H2,1-2H3. The molecule has 19 heavy (non-hydrogen) atoms. The first-order chi connectivity index (χ1) is 8.93. The minimum atomic E-state index is -3.12. The molecule has 0 spiro atoms. The Labute approximate surface area is 108 Å². The summed E-state index contributed by atoms with van der Waals surface area (Å²) in [6.07, 6.45) is -0.0883. The Kier molecular flexibility index (Phi) is 5.43. The number of ether oxygens (including phenoxy) is 2. The lowest BCUT2D eigenvalue weighted by atomic mass is 10.2. The van der Waals surface area contributed by atoms with E-state index in [1.807, 2.05) is 6.92 Å². The number of nitro benzene ring substituents is 1. The third kappa shape index (κ3) is 4.66. The van der Waals surface area contributed by atoms with Crippen LogP contribution in [0.3, 0.4) is 0 Å². The Morgan fingerprint density at radius 3 is 2.68 bits per heavy atom. The highest BCUT2D eigenvalue weighted by Gasteiger charge is 2.19. The maximum Gasteiger partial charge on any atom is 0.387 e. The van der Waals surface area contributed by atoms with Crippen molar-refractivity contribution in [3.63, 3.8) is 0 Å². The van der Waals surface area contributed by atoms with Gasteiger partial charge < -0.3 is 14.8 Å². The van der Waals surface area contributed by atoms with Crippen LogP contribution in [0.25, 0.3) is 0 Å². The monoisotopic (exact) mass is 276 g/mol. The second kappa shape index (κ2) is 6.83. The van der Waals surface area contributed by atoms with Gasteiger partial charge in [-0.2, -0.15) is 8.78 Å². The largest absolute Gasteiger partial charge is 0.427 e. The molecule has 0 amide bonds. The number of anilines is 1. The van der Waals surface area contributed by atoms with Crippen LogP contribution in [-0.2, 0) is 4.74 Å². The van der Waals surface area contributed by atoms with Crippen LogP contribution in [0.5, 0.6) is 5.75 Å². The first-order valence-electron chi connectivity index (χ1n) is 5.44. The molecular weight excluding hydrogens is 262 g/mol. The SMILES string of the molecule is COC(C)CNc1ccc([N+](=O)[O-])c(OC(F)F)c1. The van der Waals surface area contributed by atoms with Crippen LogP contribution in [-0.4, -0.2) is 31.3 Å². The lowest BCUT2D eigenvalue weighted by Gasteiger charge is -2.13. The number of rotatable bonds is 7. The molecule has 0 aliphatic heterocycles. The van der Waals surface area contributed by atoms with E-state index in [0.717, 1.165) is 12.1 Å². The fraction of sp³-hybridized carbons (Fsp3) is 0.455.